The largest absolute Gasteiger partial charge is 0.444 e. The van der Waals surface area contributed by atoms with Gasteiger partial charge in [0.1, 0.15) is 17.5 Å². The maximum absolute atomic E-state index is 12.7. The van der Waals surface area contributed by atoms with E-state index in [4.69, 9.17) is 9.40 Å². The molecular formula is C26H16N4O2. The van der Waals surface area contributed by atoms with E-state index in [0.29, 0.717) is 11.2 Å². The number of nitrogens with one attached hydrogen (secondary N) is 1. The van der Waals surface area contributed by atoms with Crippen molar-refractivity contribution in [1.82, 2.24) is 19.9 Å². The molecule has 0 saturated heterocycles. The van der Waals surface area contributed by atoms with Gasteiger partial charge in [-0.3, -0.25) is 9.78 Å². The van der Waals surface area contributed by atoms with Crippen LogP contribution in [-0.4, -0.2) is 19.9 Å². The van der Waals surface area contributed by atoms with E-state index in [1.165, 1.54) is 12.5 Å². The van der Waals surface area contributed by atoms with Crippen LogP contribution in [0, 0.1) is 0 Å². The number of fused-ring (bicyclic) bond motifs is 2. The van der Waals surface area contributed by atoms with E-state index in [0.717, 1.165) is 38.7 Å². The highest BCUT2D eigenvalue weighted by molar-refractivity contribution is 5.94. The monoisotopic (exact) mass is 416 g/mol. The van der Waals surface area contributed by atoms with Crippen molar-refractivity contribution >= 4 is 21.9 Å². The normalized spacial score (nSPS) is 11.2. The zero-order valence-corrected chi connectivity index (χ0v) is 16.8. The van der Waals surface area contributed by atoms with E-state index in [2.05, 4.69) is 21.0 Å². The van der Waals surface area contributed by atoms with Crippen LogP contribution in [0.5, 0.6) is 0 Å². The Kier molecular flexibility index (Phi) is 4.14. The Bertz CT molecular complexity index is 1640. The summed E-state index contributed by atoms with van der Waals surface area (Å²) in [5.74, 6) is 0.276. The molecule has 6 nitrogen and oxygen atoms in total. The number of hydrogen-bond acceptors (Lipinski definition) is 5. The zero-order chi connectivity index (χ0) is 21.5. The first-order valence-electron chi connectivity index (χ1n) is 10.1. The number of oxazole rings is 1. The minimum atomic E-state index is -0.295. The maximum Gasteiger partial charge on any atom is 0.262 e. The van der Waals surface area contributed by atoms with Gasteiger partial charge in [-0.05, 0) is 35.9 Å². The molecule has 6 rings (SSSR count). The quantitative estimate of drug-likeness (QED) is 0.414. The van der Waals surface area contributed by atoms with E-state index in [1.807, 2.05) is 60.7 Å². The number of nitrogens with zero attached hydrogens (tertiary/aromatic N) is 3. The molecule has 0 aliphatic carbocycles. The van der Waals surface area contributed by atoms with E-state index in [9.17, 15) is 4.79 Å². The van der Waals surface area contributed by atoms with Gasteiger partial charge >= 0.3 is 0 Å². The van der Waals surface area contributed by atoms with Gasteiger partial charge in [0, 0.05) is 28.1 Å². The van der Waals surface area contributed by atoms with Crippen molar-refractivity contribution in [3.8, 4) is 33.8 Å². The Labute approximate surface area is 182 Å². The molecule has 6 heteroatoms. The molecule has 4 heterocycles. The molecule has 1 N–H and O–H groups in total. The lowest BCUT2D eigenvalue weighted by atomic mass is 9.96. The van der Waals surface area contributed by atoms with E-state index >= 15 is 0 Å². The second-order valence-electron chi connectivity index (χ2n) is 7.45. The summed E-state index contributed by atoms with van der Waals surface area (Å²) >= 11 is 0. The van der Waals surface area contributed by atoms with Gasteiger partial charge in [0.15, 0.2) is 0 Å². The SMILES string of the molecule is O=c1[nH]c2nc(-c3ccccc3)c(-c3ccc4ncccc4c3)cc2cc1-c1ncco1. The van der Waals surface area contributed by atoms with Crippen LogP contribution in [-0.2, 0) is 0 Å². The Morgan fingerprint density at radius 2 is 1.62 bits per heavy atom. The molecule has 152 valence electrons. The van der Waals surface area contributed by atoms with Crippen molar-refractivity contribution in [1.29, 1.82) is 0 Å². The van der Waals surface area contributed by atoms with Crippen molar-refractivity contribution in [3.63, 3.8) is 0 Å². The Hall–Kier alpha value is -4.58. The van der Waals surface area contributed by atoms with Gasteiger partial charge in [-0.15, -0.1) is 0 Å². The molecular weight excluding hydrogens is 400 g/mol. The van der Waals surface area contributed by atoms with E-state index < -0.39 is 0 Å². The number of H-pyrrole nitrogens is 1. The van der Waals surface area contributed by atoms with Crippen LogP contribution < -0.4 is 5.56 Å². The molecule has 2 aromatic carbocycles. The lowest BCUT2D eigenvalue weighted by molar-refractivity contribution is 0.574. The van der Waals surface area contributed by atoms with Gasteiger partial charge in [0.2, 0.25) is 5.89 Å². The standard InChI is InChI=1S/C26H16N4O2/c31-25-21(26-28-11-12-32-26)15-19-14-20(17-8-9-22-18(13-17)7-4-10-27-22)23(29-24(19)30-25)16-5-2-1-3-6-16/h1-15H,(H,29,30,31). The minimum absolute atomic E-state index is 0.276. The molecule has 4 aromatic heterocycles. The summed E-state index contributed by atoms with van der Waals surface area (Å²) in [5, 5.41) is 1.84. The van der Waals surface area contributed by atoms with Crippen molar-refractivity contribution in [2.24, 2.45) is 0 Å². The molecule has 0 spiro atoms. The molecule has 32 heavy (non-hydrogen) atoms. The first-order chi connectivity index (χ1) is 15.8. The number of benzene rings is 2. The number of pyridine rings is 3. The van der Waals surface area contributed by atoms with Crippen LogP contribution in [0.4, 0.5) is 0 Å². The van der Waals surface area contributed by atoms with E-state index in [1.54, 1.807) is 12.3 Å². The molecule has 0 bridgehead atoms. The summed E-state index contributed by atoms with van der Waals surface area (Å²) in [6, 6.07) is 23.9. The second-order valence-corrected chi connectivity index (χ2v) is 7.45. The van der Waals surface area contributed by atoms with Gasteiger partial charge < -0.3 is 9.40 Å². The Balaban J connectivity index is 1.65. The van der Waals surface area contributed by atoms with Crippen molar-refractivity contribution in [2.45, 2.75) is 0 Å². The molecule has 6 aromatic rings. The van der Waals surface area contributed by atoms with Crippen LogP contribution in [0.25, 0.3) is 55.8 Å². The lowest BCUT2D eigenvalue weighted by Gasteiger charge is -2.12. The van der Waals surface area contributed by atoms with Crippen LogP contribution in [0.3, 0.4) is 0 Å². The summed E-state index contributed by atoms with van der Waals surface area (Å²) in [4.78, 5) is 29.0. The Morgan fingerprint density at radius 1 is 0.750 bits per heavy atom. The van der Waals surface area contributed by atoms with Gasteiger partial charge in [-0.1, -0.05) is 42.5 Å². The first kappa shape index (κ1) is 18.2. The molecule has 0 amide bonds. The fourth-order valence-corrected chi connectivity index (χ4v) is 3.93. The average molecular weight is 416 g/mol. The summed E-state index contributed by atoms with van der Waals surface area (Å²) in [7, 11) is 0. The fraction of sp³-hybridized carbons (Fsp3) is 0. The third kappa shape index (κ3) is 3.06. The highest BCUT2D eigenvalue weighted by Gasteiger charge is 2.15. The van der Waals surface area contributed by atoms with Crippen molar-refractivity contribution in [3.05, 3.63) is 102 Å². The predicted octanol–water partition coefficient (Wildman–Crippen LogP) is 5.46. The highest BCUT2D eigenvalue weighted by atomic mass is 16.3. The molecule has 0 saturated carbocycles. The highest BCUT2D eigenvalue weighted by Crippen LogP contribution is 2.34. The smallest absolute Gasteiger partial charge is 0.262 e. The maximum atomic E-state index is 12.7. The Morgan fingerprint density at radius 3 is 2.47 bits per heavy atom. The van der Waals surface area contributed by atoms with E-state index in [-0.39, 0.29) is 11.4 Å². The average Bonchev–Trinajstić information content (AvgIpc) is 3.38. The van der Waals surface area contributed by atoms with Gasteiger partial charge in [-0.2, -0.15) is 0 Å². The topological polar surface area (TPSA) is 84.7 Å². The van der Waals surface area contributed by atoms with Gasteiger partial charge in [-0.25, -0.2) is 9.97 Å². The molecule has 0 atom stereocenters. The summed E-state index contributed by atoms with van der Waals surface area (Å²) < 4.78 is 5.35. The first-order valence-corrected chi connectivity index (χ1v) is 10.1. The molecule has 0 unspecified atom stereocenters. The third-order valence-electron chi connectivity index (χ3n) is 5.45. The van der Waals surface area contributed by atoms with Crippen LogP contribution >= 0.6 is 0 Å². The van der Waals surface area contributed by atoms with Crippen LogP contribution in [0.1, 0.15) is 0 Å². The second kappa shape index (κ2) is 7.28. The summed E-state index contributed by atoms with van der Waals surface area (Å²) in [6.45, 7) is 0. The van der Waals surface area contributed by atoms with Crippen molar-refractivity contribution in [2.75, 3.05) is 0 Å². The predicted molar refractivity (Wildman–Crippen MR) is 124 cm³/mol. The number of aromatic nitrogens is 4. The molecule has 0 aliphatic rings. The van der Waals surface area contributed by atoms with Gasteiger partial charge in [0.25, 0.3) is 5.56 Å². The third-order valence-corrected chi connectivity index (χ3v) is 5.45. The van der Waals surface area contributed by atoms with Gasteiger partial charge in [0.05, 0.1) is 17.4 Å². The minimum Gasteiger partial charge on any atom is -0.444 e. The molecule has 0 fully saturated rings. The number of rotatable bonds is 3. The van der Waals surface area contributed by atoms with Crippen molar-refractivity contribution < 1.29 is 4.42 Å². The number of hydrogen-bond donors (Lipinski definition) is 1. The summed E-state index contributed by atoms with van der Waals surface area (Å²) in [5.41, 5.74) is 5.25. The van der Waals surface area contributed by atoms with Crippen LogP contribution in [0.15, 0.2) is 101 Å². The van der Waals surface area contributed by atoms with Crippen LogP contribution in [0.2, 0.25) is 0 Å². The molecule has 0 radical (unpaired) electrons. The lowest BCUT2D eigenvalue weighted by Crippen LogP contribution is -2.10. The number of aromatic amines is 1. The fourth-order valence-electron chi connectivity index (χ4n) is 3.93. The molecule has 0 aliphatic heterocycles. The summed E-state index contributed by atoms with van der Waals surface area (Å²) in [6.07, 6.45) is 4.75. The zero-order valence-electron chi connectivity index (χ0n) is 16.8.